The maximum atomic E-state index is 12.2. The van der Waals surface area contributed by atoms with Gasteiger partial charge in [0.05, 0.1) is 22.8 Å². The quantitative estimate of drug-likeness (QED) is 0.819. The van der Waals surface area contributed by atoms with Crippen LogP contribution in [0.25, 0.3) is 0 Å². The lowest BCUT2D eigenvalue weighted by Crippen LogP contribution is -2.27. The SMILES string of the molecule is CN(Cc1ncn[nH]1)C(=O)c1cccc(N)c1Cl. The Morgan fingerprint density at radius 1 is 1.56 bits per heavy atom. The van der Waals surface area contributed by atoms with E-state index in [0.29, 0.717) is 23.6 Å². The van der Waals surface area contributed by atoms with Gasteiger partial charge in [-0.2, -0.15) is 5.10 Å². The second-order valence-corrected chi connectivity index (χ2v) is 4.18. The summed E-state index contributed by atoms with van der Waals surface area (Å²) in [5.41, 5.74) is 6.42. The van der Waals surface area contributed by atoms with Gasteiger partial charge in [0.2, 0.25) is 0 Å². The van der Waals surface area contributed by atoms with E-state index in [1.165, 1.54) is 11.2 Å². The highest BCUT2D eigenvalue weighted by Crippen LogP contribution is 2.24. The Morgan fingerprint density at radius 3 is 3.00 bits per heavy atom. The summed E-state index contributed by atoms with van der Waals surface area (Å²) in [6, 6.07) is 4.98. The molecule has 18 heavy (non-hydrogen) atoms. The number of benzene rings is 1. The van der Waals surface area contributed by atoms with E-state index in [4.69, 9.17) is 17.3 Å². The van der Waals surface area contributed by atoms with Crippen molar-refractivity contribution >= 4 is 23.2 Å². The number of amides is 1. The molecule has 0 bridgehead atoms. The molecule has 0 aliphatic heterocycles. The molecule has 2 aromatic rings. The number of carbonyl (C=O) groups excluding carboxylic acids is 1. The second kappa shape index (κ2) is 5.05. The van der Waals surface area contributed by atoms with Gasteiger partial charge in [-0.25, -0.2) is 4.98 Å². The van der Waals surface area contributed by atoms with Gasteiger partial charge in [0.25, 0.3) is 5.91 Å². The van der Waals surface area contributed by atoms with Crippen LogP contribution in [0, 0.1) is 0 Å². The summed E-state index contributed by atoms with van der Waals surface area (Å²) in [5.74, 6) is 0.384. The summed E-state index contributed by atoms with van der Waals surface area (Å²) in [7, 11) is 1.66. The summed E-state index contributed by atoms with van der Waals surface area (Å²) in [4.78, 5) is 17.6. The molecule has 0 radical (unpaired) electrons. The van der Waals surface area contributed by atoms with Crippen molar-refractivity contribution in [1.82, 2.24) is 20.1 Å². The molecule has 7 heteroatoms. The van der Waals surface area contributed by atoms with E-state index in [1.54, 1.807) is 25.2 Å². The van der Waals surface area contributed by atoms with Crippen LogP contribution < -0.4 is 5.73 Å². The van der Waals surface area contributed by atoms with Crippen molar-refractivity contribution in [1.29, 1.82) is 0 Å². The molecule has 1 aromatic heterocycles. The van der Waals surface area contributed by atoms with Gasteiger partial charge < -0.3 is 10.6 Å². The number of nitrogens with two attached hydrogens (primary N) is 1. The minimum absolute atomic E-state index is 0.219. The average Bonchev–Trinajstić information content (AvgIpc) is 2.84. The van der Waals surface area contributed by atoms with Gasteiger partial charge in [-0.05, 0) is 12.1 Å². The average molecular weight is 266 g/mol. The van der Waals surface area contributed by atoms with Crippen LogP contribution in [0.15, 0.2) is 24.5 Å². The van der Waals surface area contributed by atoms with Gasteiger partial charge in [-0.1, -0.05) is 17.7 Å². The van der Waals surface area contributed by atoms with Crippen molar-refractivity contribution < 1.29 is 4.79 Å². The van der Waals surface area contributed by atoms with Gasteiger partial charge in [-0.15, -0.1) is 0 Å². The van der Waals surface area contributed by atoms with Crippen molar-refractivity contribution in [2.75, 3.05) is 12.8 Å². The molecule has 3 N–H and O–H groups in total. The van der Waals surface area contributed by atoms with Crippen LogP contribution in [0.1, 0.15) is 16.2 Å². The third-order valence-electron chi connectivity index (χ3n) is 2.46. The van der Waals surface area contributed by atoms with Crippen molar-refractivity contribution in [2.45, 2.75) is 6.54 Å². The minimum atomic E-state index is -0.219. The Morgan fingerprint density at radius 2 is 2.33 bits per heavy atom. The second-order valence-electron chi connectivity index (χ2n) is 3.80. The number of hydrogen-bond acceptors (Lipinski definition) is 4. The van der Waals surface area contributed by atoms with Gasteiger partial charge in [-0.3, -0.25) is 9.89 Å². The third kappa shape index (κ3) is 2.43. The number of hydrogen-bond donors (Lipinski definition) is 2. The molecular weight excluding hydrogens is 254 g/mol. The van der Waals surface area contributed by atoms with Crippen LogP contribution in [0.5, 0.6) is 0 Å². The number of H-pyrrole nitrogens is 1. The molecular formula is C11H12ClN5O. The van der Waals surface area contributed by atoms with Crippen LogP contribution in [0.3, 0.4) is 0 Å². The summed E-state index contributed by atoms with van der Waals surface area (Å²) in [6.45, 7) is 0.323. The summed E-state index contributed by atoms with van der Waals surface area (Å²) < 4.78 is 0. The van der Waals surface area contributed by atoms with E-state index in [9.17, 15) is 4.79 Å². The van der Waals surface area contributed by atoms with Crippen molar-refractivity contribution in [2.24, 2.45) is 0 Å². The largest absolute Gasteiger partial charge is 0.398 e. The summed E-state index contributed by atoms with van der Waals surface area (Å²) in [6.07, 6.45) is 1.39. The van der Waals surface area contributed by atoms with Crippen molar-refractivity contribution in [3.63, 3.8) is 0 Å². The highest BCUT2D eigenvalue weighted by molar-refractivity contribution is 6.36. The van der Waals surface area contributed by atoms with E-state index in [-0.39, 0.29) is 10.9 Å². The topological polar surface area (TPSA) is 87.9 Å². The molecule has 1 heterocycles. The number of nitrogens with one attached hydrogen (secondary N) is 1. The fraction of sp³-hybridized carbons (Fsp3) is 0.182. The van der Waals surface area contributed by atoms with E-state index < -0.39 is 0 Å². The minimum Gasteiger partial charge on any atom is -0.398 e. The Bertz CT molecular complexity index is 555. The Hall–Kier alpha value is -2.08. The molecule has 0 unspecified atom stereocenters. The first kappa shape index (κ1) is 12.4. The molecule has 0 aliphatic carbocycles. The number of aromatic amines is 1. The van der Waals surface area contributed by atoms with Gasteiger partial charge >= 0.3 is 0 Å². The monoisotopic (exact) mass is 265 g/mol. The van der Waals surface area contributed by atoms with Gasteiger partial charge in [0.15, 0.2) is 0 Å². The first-order valence-corrected chi connectivity index (χ1v) is 5.61. The Kier molecular flexibility index (Phi) is 3.47. The summed E-state index contributed by atoms with van der Waals surface area (Å²) >= 11 is 6.01. The molecule has 94 valence electrons. The van der Waals surface area contributed by atoms with Crippen molar-refractivity contribution in [3.8, 4) is 0 Å². The number of rotatable bonds is 3. The maximum Gasteiger partial charge on any atom is 0.255 e. The maximum absolute atomic E-state index is 12.2. The fourth-order valence-corrected chi connectivity index (χ4v) is 1.73. The number of aromatic nitrogens is 3. The first-order valence-electron chi connectivity index (χ1n) is 5.23. The smallest absolute Gasteiger partial charge is 0.255 e. The fourth-order valence-electron chi connectivity index (χ4n) is 1.52. The molecule has 0 atom stereocenters. The lowest BCUT2D eigenvalue weighted by atomic mass is 10.2. The number of nitrogen functional groups attached to an aromatic ring is 1. The highest BCUT2D eigenvalue weighted by atomic mass is 35.5. The molecule has 0 aliphatic rings. The lowest BCUT2D eigenvalue weighted by Gasteiger charge is -2.16. The molecule has 1 aromatic carbocycles. The molecule has 0 fully saturated rings. The molecule has 2 rings (SSSR count). The number of halogens is 1. The third-order valence-corrected chi connectivity index (χ3v) is 2.88. The van der Waals surface area contributed by atoms with Crippen LogP contribution in [0.4, 0.5) is 5.69 Å². The van der Waals surface area contributed by atoms with Crippen LogP contribution in [-0.2, 0) is 6.54 Å². The van der Waals surface area contributed by atoms with E-state index in [2.05, 4.69) is 15.2 Å². The molecule has 6 nitrogen and oxygen atoms in total. The van der Waals surface area contributed by atoms with E-state index >= 15 is 0 Å². The normalized spacial score (nSPS) is 10.3. The van der Waals surface area contributed by atoms with Gasteiger partial charge in [0, 0.05) is 7.05 Å². The molecule has 1 amide bonds. The first-order chi connectivity index (χ1) is 8.59. The van der Waals surface area contributed by atoms with E-state index in [0.717, 1.165) is 0 Å². The number of nitrogens with zero attached hydrogens (tertiary/aromatic N) is 3. The van der Waals surface area contributed by atoms with Crippen LogP contribution in [0.2, 0.25) is 5.02 Å². The van der Waals surface area contributed by atoms with Crippen LogP contribution in [-0.4, -0.2) is 33.0 Å². The Balaban J connectivity index is 2.18. The van der Waals surface area contributed by atoms with E-state index in [1.807, 2.05) is 0 Å². The Labute approximate surface area is 109 Å². The summed E-state index contributed by atoms with van der Waals surface area (Å²) in [5, 5.41) is 6.68. The van der Waals surface area contributed by atoms with Crippen molar-refractivity contribution in [3.05, 3.63) is 40.9 Å². The number of anilines is 1. The predicted octanol–water partition coefficient (Wildman–Crippen LogP) is 1.31. The number of carbonyl (C=O) groups is 1. The van der Waals surface area contributed by atoms with Gasteiger partial charge in [0.1, 0.15) is 12.2 Å². The zero-order valence-corrected chi connectivity index (χ0v) is 10.5. The predicted molar refractivity (Wildman–Crippen MR) is 68.0 cm³/mol. The zero-order valence-electron chi connectivity index (χ0n) is 9.72. The molecule has 0 saturated heterocycles. The lowest BCUT2D eigenvalue weighted by molar-refractivity contribution is 0.0782. The molecule has 0 saturated carbocycles. The zero-order chi connectivity index (χ0) is 13.1. The standard InChI is InChI=1S/C11H12ClN5O/c1-17(5-9-14-6-15-16-9)11(18)7-3-2-4-8(13)10(7)12/h2-4,6H,5,13H2,1H3,(H,14,15,16). The van der Waals surface area contributed by atoms with Crippen LogP contribution >= 0.6 is 11.6 Å². The molecule has 0 spiro atoms. The highest BCUT2D eigenvalue weighted by Gasteiger charge is 2.17.